The van der Waals surface area contributed by atoms with Crippen LogP contribution in [0.25, 0.3) is 0 Å². The third-order valence-corrected chi connectivity index (χ3v) is 1.31. The van der Waals surface area contributed by atoms with E-state index in [9.17, 15) is 4.79 Å². The minimum atomic E-state index is -0.881. The Bertz CT molecular complexity index is 136. The Morgan fingerprint density at radius 1 is 1.90 bits per heavy atom. The monoisotopic (exact) mass is 161 g/mol. The van der Waals surface area contributed by atoms with E-state index in [1.165, 1.54) is 0 Å². The van der Waals surface area contributed by atoms with Crippen molar-refractivity contribution in [1.29, 1.82) is 0 Å². The van der Waals surface area contributed by atoms with Crippen LogP contribution in [-0.2, 0) is 4.79 Å². The Labute approximate surface area is 65.5 Å². The third-order valence-electron chi connectivity index (χ3n) is 0.945. The largest absolute Gasteiger partial charge is 0.480 e. The molecule has 0 aromatic carbocycles. The molecule has 4 heteroatoms. The van der Waals surface area contributed by atoms with E-state index in [0.717, 1.165) is 0 Å². The van der Waals surface area contributed by atoms with Crippen LogP contribution in [0.4, 0.5) is 0 Å². The molecule has 0 fully saturated rings. The van der Waals surface area contributed by atoms with Gasteiger partial charge in [0.2, 0.25) is 0 Å². The predicted molar refractivity (Wildman–Crippen MR) is 43.2 cm³/mol. The van der Waals surface area contributed by atoms with Crippen molar-refractivity contribution in [3.63, 3.8) is 0 Å². The van der Waals surface area contributed by atoms with Gasteiger partial charge in [-0.3, -0.25) is 0 Å². The molecule has 0 aliphatic rings. The third kappa shape index (κ3) is 3.40. The molecule has 0 aromatic rings. The van der Waals surface area contributed by atoms with Gasteiger partial charge in [-0.2, -0.15) is 12.6 Å². The highest BCUT2D eigenvalue weighted by Crippen LogP contribution is 1.87. The summed E-state index contributed by atoms with van der Waals surface area (Å²) in [5.74, 6) is -0.590. The first kappa shape index (κ1) is 9.36. The maximum atomic E-state index is 10.3. The van der Waals surface area contributed by atoms with Gasteiger partial charge in [0.1, 0.15) is 6.04 Å². The maximum Gasteiger partial charge on any atom is 0.326 e. The highest BCUT2D eigenvalue weighted by molar-refractivity contribution is 7.80. The Kier molecular flexibility index (Phi) is 4.84. The summed E-state index contributed by atoms with van der Waals surface area (Å²) >= 11 is 3.85. The number of hydrogen-bond acceptors (Lipinski definition) is 3. The molecule has 0 aliphatic carbocycles. The second-order valence-electron chi connectivity index (χ2n) is 1.74. The molecule has 0 aliphatic heterocycles. The predicted octanol–water partition coefficient (Wildman–Crippen LogP) is 0.493. The molecule has 0 rings (SSSR count). The van der Waals surface area contributed by atoms with Crippen LogP contribution in [0.2, 0.25) is 0 Å². The molecule has 0 bridgehead atoms. The zero-order chi connectivity index (χ0) is 7.98. The SMILES string of the molecule is C/C=C\N[C@@H](CS)C(=O)O. The van der Waals surface area contributed by atoms with Crippen molar-refractivity contribution in [2.45, 2.75) is 13.0 Å². The molecule has 0 spiro atoms. The molecular weight excluding hydrogens is 150 g/mol. The average molecular weight is 161 g/mol. The number of carboxylic acids is 1. The van der Waals surface area contributed by atoms with Gasteiger partial charge in [0.15, 0.2) is 0 Å². The summed E-state index contributed by atoms with van der Waals surface area (Å²) in [4.78, 5) is 10.3. The lowest BCUT2D eigenvalue weighted by molar-refractivity contribution is -0.138. The van der Waals surface area contributed by atoms with Gasteiger partial charge in [-0.25, -0.2) is 4.79 Å². The van der Waals surface area contributed by atoms with Crippen molar-refractivity contribution in [3.05, 3.63) is 12.3 Å². The summed E-state index contributed by atoms with van der Waals surface area (Å²) in [7, 11) is 0. The Morgan fingerprint density at radius 2 is 2.50 bits per heavy atom. The lowest BCUT2D eigenvalue weighted by Crippen LogP contribution is -2.34. The fraction of sp³-hybridized carbons (Fsp3) is 0.500. The van der Waals surface area contributed by atoms with Gasteiger partial charge >= 0.3 is 5.97 Å². The molecule has 0 unspecified atom stereocenters. The van der Waals surface area contributed by atoms with E-state index in [4.69, 9.17) is 5.11 Å². The molecule has 0 radical (unpaired) electrons. The van der Waals surface area contributed by atoms with Crippen LogP contribution < -0.4 is 5.32 Å². The van der Waals surface area contributed by atoms with Gasteiger partial charge in [0.25, 0.3) is 0 Å². The highest BCUT2D eigenvalue weighted by atomic mass is 32.1. The number of carboxylic acid groups (broad SMARTS) is 1. The van der Waals surface area contributed by atoms with Crippen LogP contribution in [0.15, 0.2) is 12.3 Å². The van der Waals surface area contributed by atoms with Gasteiger partial charge in [-0.15, -0.1) is 0 Å². The summed E-state index contributed by atoms with van der Waals surface area (Å²) in [6, 6.07) is -0.584. The minimum Gasteiger partial charge on any atom is -0.480 e. The van der Waals surface area contributed by atoms with Gasteiger partial charge in [0.05, 0.1) is 0 Å². The van der Waals surface area contributed by atoms with Crippen molar-refractivity contribution < 1.29 is 9.90 Å². The van der Waals surface area contributed by atoms with Crippen molar-refractivity contribution in [1.82, 2.24) is 5.32 Å². The van der Waals surface area contributed by atoms with Crippen LogP contribution in [0.5, 0.6) is 0 Å². The second kappa shape index (κ2) is 5.17. The summed E-state index contributed by atoms with van der Waals surface area (Å²) in [6.45, 7) is 1.81. The maximum absolute atomic E-state index is 10.3. The van der Waals surface area contributed by atoms with E-state index in [1.54, 1.807) is 12.3 Å². The molecule has 0 amide bonds. The number of rotatable bonds is 4. The molecule has 1 atom stereocenters. The first-order valence-electron chi connectivity index (χ1n) is 2.93. The van der Waals surface area contributed by atoms with Gasteiger partial charge in [-0.05, 0) is 13.1 Å². The number of carbonyl (C=O) groups is 1. The Hall–Kier alpha value is -0.640. The number of aliphatic carboxylic acids is 1. The minimum absolute atomic E-state index is 0.291. The molecule has 3 nitrogen and oxygen atoms in total. The standard InChI is InChI=1S/C6H11NO2S/c1-2-3-7-5(4-10)6(8)9/h2-3,5,7,10H,4H2,1H3,(H,8,9)/b3-2-/t5-/m0/s1. The van der Waals surface area contributed by atoms with E-state index in [-0.39, 0.29) is 0 Å². The van der Waals surface area contributed by atoms with Crippen molar-refractivity contribution in [2.24, 2.45) is 0 Å². The van der Waals surface area contributed by atoms with Gasteiger partial charge in [0, 0.05) is 5.75 Å². The molecule has 0 saturated heterocycles. The van der Waals surface area contributed by atoms with Gasteiger partial charge in [-0.1, -0.05) is 6.08 Å². The van der Waals surface area contributed by atoms with E-state index in [0.29, 0.717) is 5.75 Å². The van der Waals surface area contributed by atoms with E-state index >= 15 is 0 Å². The number of thiol groups is 1. The van der Waals surface area contributed by atoms with Crippen LogP contribution in [0.3, 0.4) is 0 Å². The number of hydrogen-bond donors (Lipinski definition) is 3. The van der Waals surface area contributed by atoms with Crippen LogP contribution in [-0.4, -0.2) is 22.9 Å². The molecule has 0 aromatic heterocycles. The molecule has 0 heterocycles. The van der Waals surface area contributed by atoms with E-state index in [2.05, 4.69) is 17.9 Å². The van der Waals surface area contributed by atoms with E-state index in [1.807, 2.05) is 6.92 Å². The lowest BCUT2D eigenvalue weighted by Gasteiger charge is -2.07. The second-order valence-corrected chi connectivity index (χ2v) is 2.11. The zero-order valence-electron chi connectivity index (χ0n) is 5.74. The van der Waals surface area contributed by atoms with Gasteiger partial charge < -0.3 is 10.4 Å². The fourth-order valence-corrected chi connectivity index (χ4v) is 0.676. The zero-order valence-corrected chi connectivity index (χ0v) is 6.64. The first-order valence-corrected chi connectivity index (χ1v) is 3.56. The van der Waals surface area contributed by atoms with Crippen LogP contribution in [0.1, 0.15) is 6.92 Å². The summed E-state index contributed by atoms with van der Waals surface area (Å²) in [5.41, 5.74) is 0. The van der Waals surface area contributed by atoms with Crippen LogP contribution >= 0.6 is 12.6 Å². The highest BCUT2D eigenvalue weighted by Gasteiger charge is 2.11. The first-order chi connectivity index (χ1) is 4.72. The summed E-state index contributed by atoms with van der Waals surface area (Å²) in [6.07, 6.45) is 3.33. The average Bonchev–Trinajstić information content (AvgIpc) is 1.89. The van der Waals surface area contributed by atoms with Crippen molar-refractivity contribution in [2.75, 3.05) is 5.75 Å². The molecule has 2 N–H and O–H groups in total. The van der Waals surface area contributed by atoms with Crippen molar-refractivity contribution in [3.8, 4) is 0 Å². The lowest BCUT2D eigenvalue weighted by atomic mass is 10.3. The van der Waals surface area contributed by atoms with Crippen LogP contribution in [0, 0.1) is 0 Å². The topological polar surface area (TPSA) is 49.3 Å². The quantitative estimate of drug-likeness (QED) is 0.526. The summed E-state index contributed by atoms with van der Waals surface area (Å²) < 4.78 is 0. The van der Waals surface area contributed by atoms with Crippen molar-refractivity contribution >= 4 is 18.6 Å². The molecular formula is C6H11NO2S. The molecule has 58 valence electrons. The number of nitrogens with one attached hydrogen (secondary N) is 1. The molecule has 0 saturated carbocycles. The smallest absolute Gasteiger partial charge is 0.326 e. The number of allylic oxidation sites excluding steroid dienone is 1. The van der Waals surface area contributed by atoms with E-state index < -0.39 is 12.0 Å². The summed E-state index contributed by atoms with van der Waals surface area (Å²) in [5, 5.41) is 11.1. The Balaban J connectivity index is 3.71. The molecule has 10 heavy (non-hydrogen) atoms. The Morgan fingerprint density at radius 3 is 2.80 bits per heavy atom. The fourth-order valence-electron chi connectivity index (χ4n) is 0.414. The normalized spacial score (nSPS) is 13.4.